The van der Waals surface area contributed by atoms with E-state index in [1.165, 1.54) is 11.3 Å². The third-order valence-corrected chi connectivity index (χ3v) is 6.00. The van der Waals surface area contributed by atoms with Gasteiger partial charge in [-0.1, -0.05) is 0 Å². The SMILES string of the molecule is O=C(Nc1nc(CN2CCOCC2)cs1)c1cccn2cc(-c3cc(F)ccc3F)nc12. The lowest BCUT2D eigenvalue weighted by molar-refractivity contribution is 0.0337. The fourth-order valence-electron chi connectivity index (χ4n) is 3.60. The number of rotatable bonds is 5. The minimum Gasteiger partial charge on any atom is -0.379 e. The Labute approximate surface area is 186 Å². The van der Waals surface area contributed by atoms with Crippen molar-refractivity contribution in [1.29, 1.82) is 0 Å². The molecule has 4 aromatic rings. The molecule has 1 aliphatic rings. The number of nitrogens with one attached hydrogen (secondary N) is 1. The van der Waals surface area contributed by atoms with E-state index in [9.17, 15) is 13.6 Å². The number of amides is 1. The van der Waals surface area contributed by atoms with Crippen LogP contribution in [0.25, 0.3) is 16.9 Å². The molecule has 0 bridgehead atoms. The van der Waals surface area contributed by atoms with Crippen LogP contribution in [0.3, 0.4) is 0 Å². The molecule has 32 heavy (non-hydrogen) atoms. The molecule has 5 rings (SSSR count). The van der Waals surface area contributed by atoms with Crippen LogP contribution >= 0.6 is 11.3 Å². The number of ether oxygens (including phenoxy) is 1. The second-order valence-electron chi connectivity index (χ2n) is 7.39. The van der Waals surface area contributed by atoms with Crippen LogP contribution in [0.2, 0.25) is 0 Å². The monoisotopic (exact) mass is 455 g/mol. The number of anilines is 1. The van der Waals surface area contributed by atoms with Crippen LogP contribution in [0.5, 0.6) is 0 Å². The van der Waals surface area contributed by atoms with Gasteiger partial charge in [0.05, 0.1) is 30.2 Å². The molecular weight excluding hydrogens is 436 g/mol. The van der Waals surface area contributed by atoms with Gasteiger partial charge in [0, 0.05) is 43.0 Å². The maximum atomic E-state index is 14.2. The van der Waals surface area contributed by atoms with Crippen LogP contribution in [0.4, 0.5) is 13.9 Å². The van der Waals surface area contributed by atoms with E-state index in [1.807, 2.05) is 5.38 Å². The van der Waals surface area contributed by atoms with Crippen LogP contribution in [0.15, 0.2) is 48.1 Å². The highest BCUT2D eigenvalue weighted by atomic mass is 32.1. The summed E-state index contributed by atoms with van der Waals surface area (Å²) in [5, 5.41) is 5.23. The maximum Gasteiger partial charge on any atom is 0.261 e. The molecule has 164 valence electrons. The van der Waals surface area contributed by atoms with Crippen molar-refractivity contribution in [2.45, 2.75) is 6.54 Å². The van der Waals surface area contributed by atoms with Gasteiger partial charge in [0.2, 0.25) is 0 Å². The van der Waals surface area contributed by atoms with Crippen LogP contribution in [0, 0.1) is 11.6 Å². The quantitative estimate of drug-likeness (QED) is 0.495. The van der Waals surface area contributed by atoms with Crippen molar-refractivity contribution < 1.29 is 18.3 Å². The van der Waals surface area contributed by atoms with E-state index in [1.54, 1.807) is 28.9 Å². The van der Waals surface area contributed by atoms with Crippen molar-refractivity contribution in [1.82, 2.24) is 19.3 Å². The number of carbonyl (C=O) groups is 1. The molecule has 0 spiro atoms. The number of nitrogens with zero attached hydrogens (tertiary/aromatic N) is 4. The number of pyridine rings is 1. The summed E-state index contributed by atoms with van der Waals surface area (Å²) in [4.78, 5) is 24.1. The number of benzene rings is 1. The molecule has 0 unspecified atom stereocenters. The number of halogens is 2. The molecule has 4 heterocycles. The van der Waals surface area contributed by atoms with Gasteiger partial charge in [-0.25, -0.2) is 18.7 Å². The molecule has 10 heteroatoms. The van der Waals surface area contributed by atoms with Crippen LogP contribution in [-0.4, -0.2) is 51.5 Å². The number of morpholine rings is 1. The summed E-state index contributed by atoms with van der Waals surface area (Å²) in [6, 6.07) is 6.52. The third kappa shape index (κ3) is 4.24. The van der Waals surface area contributed by atoms with Gasteiger partial charge in [-0.2, -0.15) is 0 Å². The first-order chi connectivity index (χ1) is 15.6. The lowest BCUT2D eigenvalue weighted by atomic mass is 10.1. The van der Waals surface area contributed by atoms with E-state index < -0.39 is 11.6 Å². The number of fused-ring (bicyclic) bond motifs is 1. The Hall–Kier alpha value is -3.21. The smallest absolute Gasteiger partial charge is 0.261 e. The third-order valence-electron chi connectivity index (χ3n) is 5.19. The molecule has 1 saturated heterocycles. The Morgan fingerprint density at radius 3 is 2.88 bits per heavy atom. The molecule has 0 saturated carbocycles. The number of thiazole rings is 1. The fraction of sp³-hybridized carbons (Fsp3) is 0.227. The minimum atomic E-state index is -0.587. The highest BCUT2D eigenvalue weighted by Gasteiger charge is 2.18. The highest BCUT2D eigenvalue weighted by Crippen LogP contribution is 2.25. The molecule has 3 aromatic heterocycles. The number of hydrogen-bond acceptors (Lipinski definition) is 6. The van der Waals surface area contributed by atoms with Crippen LogP contribution in [-0.2, 0) is 11.3 Å². The van der Waals surface area contributed by atoms with E-state index in [-0.39, 0.29) is 17.2 Å². The van der Waals surface area contributed by atoms with Gasteiger partial charge >= 0.3 is 0 Å². The van der Waals surface area contributed by atoms with E-state index >= 15 is 0 Å². The van der Waals surface area contributed by atoms with Gasteiger partial charge in [-0.15, -0.1) is 11.3 Å². The summed E-state index contributed by atoms with van der Waals surface area (Å²) >= 11 is 1.35. The molecule has 1 N–H and O–H groups in total. The molecule has 0 aliphatic carbocycles. The van der Waals surface area contributed by atoms with Gasteiger partial charge in [-0.05, 0) is 30.3 Å². The first-order valence-corrected chi connectivity index (χ1v) is 10.9. The maximum absolute atomic E-state index is 14.2. The Morgan fingerprint density at radius 2 is 2.03 bits per heavy atom. The average Bonchev–Trinajstić information content (AvgIpc) is 3.42. The highest BCUT2D eigenvalue weighted by molar-refractivity contribution is 7.14. The predicted octanol–water partition coefficient (Wildman–Crippen LogP) is 3.82. The second kappa shape index (κ2) is 8.73. The summed E-state index contributed by atoms with van der Waals surface area (Å²) < 4.78 is 34.8. The Kier molecular flexibility index (Phi) is 5.64. The zero-order valence-corrected chi connectivity index (χ0v) is 17.7. The van der Waals surface area contributed by atoms with E-state index in [0.29, 0.717) is 36.1 Å². The summed E-state index contributed by atoms with van der Waals surface area (Å²) in [6.07, 6.45) is 3.26. The van der Waals surface area contributed by atoms with Crippen LogP contribution < -0.4 is 5.32 Å². The largest absolute Gasteiger partial charge is 0.379 e. The minimum absolute atomic E-state index is 0.0349. The number of aromatic nitrogens is 3. The Balaban J connectivity index is 1.37. The summed E-state index contributed by atoms with van der Waals surface area (Å²) in [6.45, 7) is 3.84. The topological polar surface area (TPSA) is 71.8 Å². The molecule has 1 amide bonds. The Morgan fingerprint density at radius 1 is 1.19 bits per heavy atom. The number of hydrogen-bond donors (Lipinski definition) is 1. The van der Waals surface area contributed by atoms with E-state index in [2.05, 4.69) is 20.2 Å². The lowest BCUT2D eigenvalue weighted by Gasteiger charge is -2.25. The van der Waals surface area contributed by atoms with Crippen molar-refractivity contribution in [3.8, 4) is 11.3 Å². The molecular formula is C22H19F2N5O2S. The van der Waals surface area contributed by atoms with Gasteiger partial charge < -0.3 is 9.14 Å². The van der Waals surface area contributed by atoms with Gasteiger partial charge in [0.15, 0.2) is 5.13 Å². The van der Waals surface area contributed by atoms with Crippen LogP contribution in [0.1, 0.15) is 16.1 Å². The second-order valence-corrected chi connectivity index (χ2v) is 8.25. The van der Waals surface area contributed by atoms with E-state index in [4.69, 9.17) is 4.74 Å². The predicted molar refractivity (Wildman–Crippen MR) is 117 cm³/mol. The first kappa shape index (κ1) is 20.7. The van der Waals surface area contributed by atoms with Crippen molar-refractivity contribution in [3.05, 3.63) is 71.0 Å². The zero-order valence-electron chi connectivity index (χ0n) is 16.9. The summed E-state index contributed by atoms with van der Waals surface area (Å²) in [7, 11) is 0. The summed E-state index contributed by atoms with van der Waals surface area (Å²) in [5.41, 5.74) is 1.81. The van der Waals surface area contributed by atoms with Gasteiger partial charge in [-0.3, -0.25) is 15.0 Å². The van der Waals surface area contributed by atoms with Crippen molar-refractivity contribution in [3.63, 3.8) is 0 Å². The van der Waals surface area contributed by atoms with Gasteiger partial charge in [0.25, 0.3) is 5.91 Å². The lowest BCUT2D eigenvalue weighted by Crippen LogP contribution is -2.35. The standard InChI is InChI=1S/C22H19F2N5O2S/c23-14-3-4-18(24)17(10-14)19-12-29-5-1-2-16(20(29)26-19)21(30)27-22-25-15(13-32-22)11-28-6-8-31-9-7-28/h1-5,10,12-13H,6-9,11H2,(H,25,27,30). The fourth-order valence-corrected chi connectivity index (χ4v) is 4.30. The molecule has 1 aliphatic heterocycles. The van der Waals surface area contributed by atoms with Gasteiger partial charge in [0.1, 0.15) is 17.3 Å². The van der Waals surface area contributed by atoms with Crippen molar-refractivity contribution in [2.75, 3.05) is 31.6 Å². The molecule has 7 nitrogen and oxygen atoms in total. The number of carbonyl (C=O) groups excluding carboxylic acids is 1. The molecule has 1 fully saturated rings. The normalized spacial score (nSPS) is 14.7. The molecule has 0 radical (unpaired) electrons. The van der Waals surface area contributed by atoms with Crippen molar-refractivity contribution in [2.24, 2.45) is 0 Å². The Bertz CT molecular complexity index is 1280. The van der Waals surface area contributed by atoms with E-state index in [0.717, 1.165) is 37.0 Å². The molecule has 1 aromatic carbocycles. The van der Waals surface area contributed by atoms with Crippen molar-refractivity contribution >= 4 is 28.0 Å². The molecule has 0 atom stereocenters. The average molecular weight is 455 g/mol. The first-order valence-electron chi connectivity index (χ1n) is 10.1. The number of imidazole rings is 1. The summed E-state index contributed by atoms with van der Waals surface area (Å²) in [5.74, 6) is -1.52. The zero-order chi connectivity index (χ0) is 22.1.